The van der Waals surface area contributed by atoms with E-state index in [2.05, 4.69) is 14.9 Å². The van der Waals surface area contributed by atoms with Gasteiger partial charge in [-0.2, -0.15) is 0 Å². The Kier molecular flexibility index (Phi) is 5.50. The van der Waals surface area contributed by atoms with Crippen LogP contribution in [-0.2, 0) is 0 Å². The number of carbonyl (C=O) groups is 1. The third kappa shape index (κ3) is 4.05. The average Bonchev–Trinajstić information content (AvgIpc) is 2.75. The summed E-state index contributed by atoms with van der Waals surface area (Å²) in [6, 6.07) is 0. The Morgan fingerprint density at radius 3 is 2.82 bits per heavy atom. The summed E-state index contributed by atoms with van der Waals surface area (Å²) in [7, 11) is 0. The van der Waals surface area contributed by atoms with Gasteiger partial charge in [0.05, 0.1) is 11.8 Å². The maximum absolute atomic E-state index is 11.8. The lowest BCUT2D eigenvalue weighted by Gasteiger charge is -2.10. The van der Waals surface area contributed by atoms with Crippen LogP contribution in [0.25, 0.3) is 0 Å². The highest BCUT2D eigenvalue weighted by Gasteiger charge is 2.18. The van der Waals surface area contributed by atoms with Crippen LogP contribution in [0.4, 0.5) is 0 Å². The minimum atomic E-state index is -0.479. The van der Waals surface area contributed by atoms with Crippen molar-refractivity contribution in [3.8, 4) is 0 Å². The first-order valence-corrected chi connectivity index (χ1v) is 6.62. The molecule has 1 rings (SSSR count). The monoisotopic (exact) mass is 257 g/mol. The van der Waals surface area contributed by atoms with Gasteiger partial charge in [0.15, 0.2) is 0 Å². The van der Waals surface area contributed by atoms with Crippen LogP contribution in [-0.4, -0.2) is 33.2 Å². The Hall–Kier alpha value is -1.01. The molecular weight excluding hydrogens is 238 g/mol. The second-order valence-corrected chi connectivity index (χ2v) is 5.05. The van der Waals surface area contributed by atoms with Gasteiger partial charge in [0.2, 0.25) is 0 Å². The van der Waals surface area contributed by atoms with Crippen molar-refractivity contribution < 1.29 is 9.90 Å². The summed E-state index contributed by atoms with van der Waals surface area (Å²) in [5.74, 6) is -0.0195. The van der Waals surface area contributed by atoms with Crippen LogP contribution in [0, 0.1) is 0 Å². The highest BCUT2D eigenvalue weighted by Crippen LogP contribution is 2.19. The molecule has 0 aliphatic carbocycles. The van der Waals surface area contributed by atoms with Crippen LogP contribution in [0.5, 0.6) is 0 Å². The maximum Gasteiger partial charge on any atom is 0.265 e. The highest BCUT2D eigenvalue weighted by molar-refractivity contribution is 7.08. The first-order valence-electron chi connectivity index (χ1n) is 5.84. The third-order valence-electron chi connectivity index (χ3n) is 2.39. The minimum Gasteiger partial charge on any atom is -0.391 e. The average molecular weight is 257 g/mol. The van der Waals surface area contributed by atoms with E-state index in [0.717, 1.165) is 23.6 Å². The quantitative estimate of drug-likeness (QED) is 0.811. The molecule has 1 atom stereocenters. The van der Waals surface area contributed by atoms with E-state index in [1.165, 1.54) is 0 Å². The number of aromatic nitrogens is 2. The van der Waals surface area contributed by atoms with Crippen LogP contribution in [0.15, 0.2) is 0 Å². The zero-order valence-corrected chi connectivity index (χ0v) is 11.3. The zero-order valence-electron chi connectivity index (χ0n) is 10.4. The summed E-state index contributed by atoms with van der Waals surface area (Å²) in [4.78, 5) is 12.4. The second-order valence-electron chi connectivity index (χ2n) is 4.29. The predicted octanol–water partition coefficient (Wildman–Crippen LogP) is 1.55. The van der Waals surface area contributed by atoms with Crippen molar-refractivity contribution in [2.75, 3.05) is 6.54 Å². The lowest BCUT2D eigenvalue weighted by Crippen LogP contribution is -2.32. The smallest absolute Gasteiger partial charge is 0.265 e. The molecule has 1 aromatic heterocycles. The SMILES string of the molecule is CCCC(O)CNC(=O)c1snnc1C(C)C. The molecule has 1 aromatic rings. The van der Waals surface area contributed by atoms with E-state index >= 15 is 0 Å². The number of nitrogens with zero attached hydrogens (tertiary/aromatic N) is 2. The summed E-state index contributed by atoms with van der Waals surface area (Å²) in [6.45, 7) is 6.22. The molecule has 0 aromatic carbocycles. The lowest BCUT2D eigenvalue weighted by molar-refractivity contribution is 0.0912. The zero-order chi connectivity index (χ0) is 12.8. The first kappa shape index (κ1) is 14.1. The van der Waals surface area contributed by atoms with Gasteiger partial charge in [0.25, 0.3) is 5.91 Å². The Labute approximate surface area is 105 Å². The van der Waals surface area contributed by atoms with Gasteiger partial charge in [-0.15, -0.1) is 5.10 Å². The fourth-order valence-electron chi connectivity index (χ4n) is 1.46. The fourth-order valence-corrected chi connectivity index (χ4v) is 2.19. The number of amides is 1. The molecule has 0 saturated carbocycles. The number of hydrogen-bond donors (Lipinski definition) is 2. The number of hydrogen-bond acceptors (Lipinski definition) is 5. The summed E-state index contributed by atoms with van der Waals surface area (Å²) in [5.41, 5.74) is 0.720. The van der Waals surface area contributed by atoms with E-state index < -0.39 is 6.10 Å². The van der Waals surface area contributed by atoms with E-state index in [-0.39, 0.29) is 18.4 Å². The molecule has 1 amide bonds. The summed E-state index contributed by atoms with van der Waals surface area (Å²) >= 11 is 1.10. The molecule has 0 aliphatic rings. The molecule has 0 bridgehead atoms. The number of aliphatic hydroxyl groups is 1. The van der Waals surface area contributed by atoms with Gasteiger partial charge < -0.3 is 10.4 Å². The van der Waals surface area contributed by atoms with Crippen LogP contribution in [0.1, 0.15) is 54.9 Å². The van der Waals surface area contributed by atoms with E-state index in [1.807, 2.05) is 20.8 Å². The Bertz CT molecular complexity index is 365. The molecule has 0 fully saturated rings. The van der Waals surface area contributed by atoms with Crippen LogP contribution in [0.2, 0.25) is 0 Å². The largest absolute Gasteiger partial charge is 0.391 e. The number of aliphatic hydroxyl groups excluding tert-OH is 1. The molecule has 96 valence electrons. The molecule has 0 saturated heterocycles. The molecule has 0 radical (unpaired) electrons. The first-order chi connectivity index (χ1) is 8.06. The number of rotatable bonds is 6. The molecule has 17 heavy (non-hydrogen) atoms. The van der Waals surface area contributed by atoms with Gasteiger partial charge >= 0.3 is 0 Å². The topological polar surface area (TPSA) is 75.1 Å². The standard InChI is InChI=1S/C11H19N3O2S/c1-4-5-8(15)6-12-11(16)10-9(7(2)3)13-14-17-10/h7-8,15H,4-6H2,1-3H3,(H,12,16). The van der Waals surface area contributed by atoms with Gasteiger partial charge in [-0.1, -0.05) is 31.7 Å². The van der Waals surface area contributed by atoms with Crippen molar-refractivity contribution in [3.05, 3.63) is 10.6 Å². The predicted molar refractivity (Wildman–Crippen MR) is 67.2 cm³/mol. The molecule has 6 heteroatoms. The van der Waals surface area contributed by atoms with Crippen molar-refractivity contribution in [1.29, 1.82) is 0 Å². The van der Waals surface area contributed by atoms with Gasteiger partial charge in [-0.3, -0.25) is 4.79 Å². The van der Waals surface area contributed by atoms with Crippen LogP contribution >= 0.6 is 11.5 Å². The number of carbonyl (C=O) groups excluding carboxylic acids is 1. The molecule has 5 nitrogen and oxygen atoms in total. The minimum absolute atomic E-state index is 0.176. The molecule has 1 heterocycles. The molecule has 0 aliphatic heterocycles. The van der Waals surface area contributed by atoms with Crippen molar-refractivity contribution in [3.63, 3.8) is 0 Å². The highest BCUT2D eigenvalue weighted by atomic mass is 32.1. The second kappa shape index (κ2) is 6.66. The van der Waals surface area contributed by atoms with Crippen molar-refractivity contribution in [2.24, 2.45) is 0 Å². The van der Waals surface area contributed by atoms with Crippen molar-refractivity contribution in [2.45, 2.75) is 45.6 Å². The van der Waals surface area contributed by atoms with E-state index in [4.69, 9.17) is 0 Å². The van der Waals surface area contributed by atoms with Crippen molar-refractivity contribution >= 4 is 17.4 Å². The molecular formula is C11H19N3O2S. The lowest BCUT2D eigenvalue weighted by atomic mass is 10.1. The van der Waals surface area contributed by atoms with E-state index in [1.54, 1.807) is 0 Å². The summed E-state index contributed by atoms with van der Waals surface area (Å²) in [6.07, 6.45) is 1.11. The maximum atomic E-state index is 11.8. The summed E-state index contributed by atoms with van der Waals surface area (Å²) < 4.78 is 3.80. The Morgan fingerprint density at radius 2 is 2.24 bits per heavy atom. The van der Waals surface area contributed by atoms with Gasteiger partial charge in [-0.25, -0.2) is 0 Å². The van der Waals surface area contributed by atoms with E-state index in [0.29, 0.717) is 11.3 Å². The normalized spacial score (nSPS) is 12.8. The van der Waals surface area contributed by atoms with Gasteiger partial charge in [-0.05, 0) is 23.9 Å². The Morgan fingerprint density at radius 1 is 1.53 bits per heavy atom. The Balaban J connectivity index is 2.55. The van der Waals surface area contributed by atoms with E-state index in [9.17, 15) is 9.90 Å². The molecule has 2 N–H and O–H groups in total. The van der Waals surface area contributed by atoms with Crippen LogP contribution < -0.4 is 5.32 Å². The third-order valence-corrected chi connectivity index (χ3v) is 3.13. The van der Waals surface area contributed by atoms with Crippen LogP contribution in [0.3, 0.4) is 0 Å². The molecule has 0 spiro atoms. The van der Waals surface area contributed by atoms with Crippen molar-refractivity contribution in [1.82, 2.24) is 14.9 Å². The fraction of sp³-hybridized carbons (Fsp3) is 0.727. The number of nitrogens with one attached hydrogen (secondary N) is 1. The molecule has 1 unspecified atom stereocenters. The van der Waals surface area contributed by atoms with Gasteiger partial charge in [0.1, 0.15) is 4.88 Å². The summed E-state index contributed by atoms with van der Waals surface area (Å²) in [5, 5.41) is 16.2. The van der Waals surface area contributed by atoms with Gasteiger partial charge in [0, 0.05) is 6.54 Å².